The summed E-state index contributed by atoms with van der Waals surface area (Å²) in [7, 11) is 0. The highest BCUT2D eigenvalue weighted by molar-refractivity contribution is 6.10. The van der Waals surface area contributed by atoms with Gasteiger partial charge in [-0.2, -0.15) is 0 Å². The van der Waals surface area contributed by atoms with Crippen LogP contribution < -0.4 is 5.73 Å². The largest absolute Gasteiger partial charge is 0.398 e. The highest BCUT2D eigenvalue weighted by Crippen LogP contribution is 2.64. The van der Waals surface area contributed by atoms with Crippen LogP contribution in [0.5, 0.6) is 0 Å². The first-order chi connectivity index (χ1) is 26.0. The van der Waals surface area contributed by atoms with E-state index < -0.39 is 0 Å². The molecule has 0 radical (unpaired) electrons. The number of benzene rings is 8. The molecule has 53 heavy (non-hydrogen) atoms. The van der Waals surface area contributed by atoms with Crippen molar-refractivity contribution in [2.45, 2.75) is 26.2 Å². The molecule has 0 amide bonds. The Kier molecular flexibility index (Phi) is 8.82. The Morgan fingerprint density at radius 1 is 0.491 bits per heavy atom. The molecule has 3 N–H and O–H groups in total. The Balaban J connectivity index is 0.000000179. The monoisotopic (exact) mass is 682 g/mol. The van der Waals surface area contributed by atoms with Gasteiger partial charge < -0.3 is 11.1 Å². The van der Waals surface area contributed by atoms with E-state index in [4.69, 9.17) is 11.1 Å². The molecule has 2 aliphatic carbocycles. The maximum atomic E-state index is 7.95. The SMILES string of the molecule is CC.Cc1ccc2cc3c(cc2c1)C1(c2ccccc2-c2ccccc21)c1ccc2ccccc2c1-3.N=C(/C=C(\N)c1ccccc1)c1ccccc1. The molecule has 8 aromatic rings. The van der Waals surface area contributed by atoms with Gasteiger partial charge in [0, 0.05) is 5.70 Å². The van der Waals surface area contributed by atoms with Crippen LogP contribution in [0.4, 0.5) is 0 Å². The van der Waals surface area contributed by atoms with Gasteiger partial charge >= 0.3 is 0 Å². The lowest BCUT2D eigenvalue weighted by Crippen LogP contribution is -2.25. The molecule has 0 aliphatic heterocycles. The van der Waals surface area contributed by atoms with E-state index >= 15 is 0 Å². The molecule has 0 atom stereocenters. The van der Waals surface area contributed by atoms with Crippen molar-refractivity contribution in [2.24, 2.45) is 5.73 Å². The number of hydrogen-bond acceptors (Lipinski definition) is 2. The Morgan fingerprint density at radius 2 is 1.06 bits per heavy atom. The predicted molar refractivity (Wildman–Crippen MR) is 226 cm³/mol. The van der Waals surface area contributed by atoms with Crippen LogP contribution in [0.1, 0.15) is 52.8 Å². The number of aryl methyl sites for hydroxylation is 1. The minimum atomic E-state index is -0.292. The zero-order valence-electron chi connectivity index (χ0n) is 30.4. The minimum Gasteiger partial charge on any atom is -0.398 e. The van der Waals surface area contributed by atoms with Gasteiger partial charge in [0.1, 0.15) is 0 Å². The third-order valence-corrected chi connectivity index (χ3v) is 10.6. The van der Waals surface area contributed by atoms with Crippen molar-refractivity contribution < 1.29 is 0 Å². The summed E-state index contributed by atoms with van der Waals surface area (Å²) in [5.74, 6) is 0. The van der Waals surface area contributed by atoms with E-state index in [1.54, 1.807) is 6.08 Å². The molecule has 256 valence electrons. The molecule has 2 aliphatic rings. The molecule has 0 fully saturated rings. The van der Waals surface area contributed by atoms with Crippen LogP contribution in [0, 0.1) is 12.3 Å². The second-order valence-electron chi connectivity index (χ2n) is 13.5. The maximum absolute atomic E-state index is 7.95. The molecule has 0 bridgehead atoms. The lowest BCUT2D eigenvalue weighted by molar-refractivity contribution is 0.795. The summed E-state index contributed by atoms with van der Waals surface area (Å²) < 4.78 is 0. The van der Waals surface area contributed by atoms with Crippen molar-refractivity contribution in [3.8, 4) is 22.3 Å². The third kappa shape index (κ3) is 5.55. The van der Waals surface area contributed by atoms with E-state index in [1.807, 2.05) is 74.5 Å². The Morgan fingerprint density at radius 3 is 1.74 bits per heavy atom. The van der Waals surface area contributed by atoms with E-state index in [0.717, 1.165) is 11.1 Å². The van der Waals surface area contributed by atoms with Crippen molar-refractivity contribution >= 4 is 33.0 Å². The zero-order chi connectivity index (χ0) is 36.5. The molecule has 0 saturated heterocycles. The normalized spacial score (nSPS) is 12.8. The van der Waals surface area contributed by atoms with Crippen molar-refractivity contribution in [2.75, 3.05) is 0 Å². The van der Waals surface area contributed by atoms with Gasteiger partial charge in [-0.25, -0.2) is 0 Å². The molecule has 10 rings (SSSR count). The van der Waals surface area contributed by atoms with Gasteiger partial charge in [0.05, 0.1) is 11.1 Å². The molecule has 0 heterocycles. The van der Waals surface area contributed by atoms with Crippen LogP contribution in [0.2, 0.25) is 0 Å². The summed E-state index contributed by atoms with van der Waals surface area (Å²) >= 11 is 0. The molecule has 8 aromatic carbocycles. The van der Waals surface area contributed by atoms with Crippen LogP contribution in [-0.4, -0.2) is 5.71 Å². The first-order valence-electron chi connectivity index (χ1n) is 18.5. The molecule has 0 unspecified atom stereocenters. The molecule has 0 aromatic heterocycles. The lowest BCUT2D eigenvalue weighted by atomic mass is 9.70. The smallest absolute Gasteiger partial charge is 0.0725 e. The van der Waals surface area contributed by atoms with Crippen molar-refractivity contribution in [1.29, 1.82) is 5.41 Å². The molecule has 2 nitrogen and oxygen atoms in total. The van der Waals surface area contributed by atoms with Crippen molar-refractivity contribution in [1.82, 2.24) is 0 Å². The van der Waals surface area contributed by atoms with E-state index in [9.17, 15) is 0 Å². The summed E-state index contributed by atoms with van der Waals surface area (Å²) in [6.07, 6.45) is 1.69. The molecule has 0 saturated carbocycles. The van der Waals surface area contributed by atoms with E-state index in [0.29, 0.717) is 11.4 Å². The second kappa shape index (κ2) is 13.9. The highest BCUT2D eigenvalue weighted by Gasteiger charge is 2.52. The zero-order valence-corrected chi connectivity index (χ0v) is 30.4. The summed E-state index contributed by atoms with van der Waals surface area (Å²) in [6.45, 7) is 6.19. The Labute approximate surface area is 312 Å². The highest BCUT2D eigenvalue weighted by atomic mass is 14.6. The summed E-state index contributed by atoms with van der Waals surface area (Å²) in [6, 6.07) is 62.6. The minimum absolute atomic E-state index is 0.292. The molecule has 2 heteroatoms. The van der Waals surface area contributed by atoms with Crippen LogP contribution in [0.15, 0.2) is 182 Å². The fourth-order valence-electron chi connectivity index (χ4n) is 8.34. The molecule has 1 spiro atoms. The van der Waals surface area contributed by atoms with E-state index in [2.05, 4.69) is 122 Å². The van der Waals surface area contributed by atoms with Crippen molar-refractivity contribution in [3.05, 3.63) is 221 Å². The Hall–Kier alpha value is -6.51. The van der Waals surface area contributed by atoms with Crippen LogP contribution in [0.3, 0.4) is 0 Å². The van der Waals surface area contributed by atoms with Crippen molar-refractivity contribution in [3.63, 3.8) is 0 Å². The number of nitrogens with one attached hydrogen (secondary N) is 1. The number of rotatable bonds is 3. The van der Waals surface area contributed by atoms with E-state index in [-0.39, 0.29) is 5.41 Å². The second-order valence-corrected chi connectivity index (χ2v) is 13.5. The van der Waals surface area contributed by atoms with Crippen LogP contribution in [-0.2, 0) is 5.41 Å². The fraction of sp³-hybridized carbons (Fsp3) is 0.0784. The lowest BCUT2D eigenvalue weighted by Gasteiger charge is -2.30. The van der Waals surface area contributed by atoms with Crippen LogP contribution in [0.25, 0.3) is 49.5 Å². The number of allylic oxidation sites excluding steroid dienone is 1. The Bertz CT molecular complexity index is 2620. The van der Waals surface area contributed by atoms with Gasteiger partial charge in [0.2, 0.25) is 0 Å². The van der Waals surface area contributed by atoms with Gasteiger partial charge in [-0.05, 0) is 102 Å². The van der Waals surface area contributed by atoms with Crippen LogP contribution >= 0.6 is 0 Å². The van der Waals surface area contributed by atoms with E-state index in [1.165, 1.54) is 71.6 Å². The third-order valence-electron chi connectivity index (χ3n) is 10.6. The van der Waals surface area contributed by atoms with Gasteiger partial charge in [0.15, 0.2) is 0 Å². The quantitative estimate of drug-likeness (QED) is 0.179. The van der Waals surface area contributed by atoms with Gasteiger partial charge in [-0.1, -0.05) is 183 Å². The average molecular weight is 683 g/mol. The number of fused-ring (bicyclic) bond motifs is 13. The van der Waals surface area contributed by atoms with Gasteiger partial charge in [0.25, 0.3) is 0 Å². The average Bonchev–Trinajstić information content (AvgIpc) is 3.68. The summed E-state index contributed by atoms with van der Waals surface area (Å²) in [5.41, 5.74) is 20.9. The summed E-state index contributed by atoms with van der Waals surface area (Å²) in [5, 5.41) is 13.2. The fourth-order valence-corrected chi connectivity index (χ4v) is 8.34. The predicted octanol–water partition coefficient (Wildman–Crippen LogP) is 12.7. The number of hydrogen-bond donors (Lipinski definition) is 2. The number of nitrogens with two attached hydrogens (primary N) is 1. The summed E-state index contributed by atoms with van der Waals surface area (Å²) in [4.78, 5) is 0. The maximum Gasteiger partial charge on any atom is 0.0725 e. The van der Waals surface area contributed by atoms with Gasteiger partial charge in [-0.15, -0.1) is 0 Å². The first-order valence-corrected chi connectivity index (χ1v) is 18.5. The standard InChI is InChI=1S/C34H22.C15H14N2.C2H6/c1-21-14-15-23-19-28-32(20-24(23)18-21)34(31-17-16-22-8-2-3-9-25(22)33(28)31)29-12-6-4-10-26(29)27-11-5-7-13-30(27)34;16-14(12-7-3-1-4-8-12)11-15(17)13-9-5-2-6-10-13;1-2/h2-20H,1H3;1-11,16H,17H2;1-2H3/b;15-11-,16-14?;. The molecular formula is C51H42N2. The topological polar surface area (TPSA) is 49.9 Å². The first kappa shape index (κ1) is 33.6. The van der Waals surface area contributed by atoms with Gasteiger partial charge in [-0.3, -0.25) is 0 Å². The molecular weight excluding hydrogens is 641 g/mol.